The van der Waals surface area contributed by atoms with Gasteiger partial charge in [0.05, 0.1) is 30.9 Å². The molecule has 2 N–H and O–H groups in total. The molecule has 1 amide bonds. The number of fused-ring (bicyclic) bond motifs is 2. The van der Waals surface area contributed by atoms with E-state index in [1.807, 2.05) is 31.3 Å². The molecule has 9 heteroatoms. The van der Waals surface area contributed by atoms with E-state index in [9.17, 15) is 14.7 Å². The first-order valence-electron chi connectivity index (χ1n) is 8.96. The first-order chi connectivity index (χ1) is 13.3. The van der Waals surface area contributed by atoms with E-state index in [-0.39, 0.29) is 18.8 Å². The van der Waals surface area contributed by atoms with Gasteiger partial charge in [0, 0.05) is 12.4 Å². The van der Waals surface area contributed by atoms with E-state index >= 15 is 0 Å². The van der Waals surface area contributed by atoms with Crippen molar-refractivity contribution in [3.8, 4) is 5.75 Å². The number of aryl methyl sites for hydroxylation is 1. The zero-order valence-corrected chi connectivity index (χ0v) is 15.9. The van der Waals surface area contributed by atoms with Crippen LogP contribution < -0.4 is 10.9 Å². The van der Waals surface area contributed by atoms with Crippen LogP contribution >= 0.6 is 0 Å². The lowest BCUT2D eigenvalue weighted by molar-refractivity contribution is -0.0566. The van der Waals surface area contributed by atoms with Crippen LogP contribution in [0.2, 0.25) is 0 Å². The highest BCUT2D eigenvalue weighted by molar-refractivity contribution is 5.95. The van der Waals surface area contributed by atoms with Gasteiger partial charge in [-0.3, -0.25) is 18.8 Å². The number of ether oxygens (including phenoxy) is 1. The summed E-state index contributed by atoms with van der Waals surface area (Å²) in [7, 11) is 1.83. The molecule has 1 aliphatic heterocycles. The summed E-state index contributed by atoms with van der Waals surface area (Å²) >= 11 is 0. The summed E-state index contributed by atoms with van der Waals surface area (Å²) in [6.07, 6.45) is 0. The average molecular weight is 383 g/mol. The van der Waals surface area contributed by atoms with Crippen LogP contribution in [0.25, 0.3) is 10.9 Å². The van der Waals surface area contributed by atoms with Crippen molar-refractivity contribution in [3.05, 3.63) is 51.8 Å². The molecule has 1 aromatic carbocycles. The van der Waals surface area contributed by atoms with Crippen LogP contribution in [0, 0.1) is 0 Å². The summed E-state index contributed by atoms with van der Waals surface area (Å²) in [6, 6.07) is 7.67. The van der Waals surface area contributed by atoms with Crippen LogP contribution in [0.1, 0.15) is 35.9 Å². The monoisotopic (exact) mass is 383 g/mol. The fourth-order valence-electron chi connectivity index (χ4n) is 3.49. The number of rotatable bonds is 3. The Morgan fingerprint density at radius 1 is 1.36 bits per heavy atom. The smallest absolute Gasteiger partial charge is 0.296 e. The van der Waals surface area contributed by atoms with E-state index in [2.05, 4.69) is 15.4 Å². The van der Waals surface area contributed by atoms with Gasteiger partial charge in [-0.05, 0) is 19.9 Å². The minimum Gasteiger partial charge on any atom is -0.501 e. The lowest BCUT2D eigenvalue weighted by Gasteiger charge is -2.32. The predicted octanol–water partition coefficient (Wildman–Crippen LogP) is 1.03. The molecular formula is C19H21N5O4. The number of carbonyl (C=O) groups is 1. The third-order valence-corrected chi connectivity index (χ3v) is 4.93. The topological polar surface area (TPSA) is 111 Å². The Balaban J connectivity index is 1.65. The predicted molar refractivity (Wildman–Crippen MR) is 101 cm³/mol. The Morgan fingerprint density at radius 3 is 2.89 bits per heavy atom. The van der Waals surface area contributed by atoms with Crippen molar-refractivity contribution in [1.29, 1.82) is 0 Å². The van der Waals surface area contributed by atoms with Crippen molar-refractivity contribution in [2.75, 3.05) is 6.61 Å². The van der Waals surface area contributed by atoms with Gasteiger partial charge in [-0.25, -0.2) is 4.98 Å². The molecule has 0 aliphatic carbocycles. The van der Waals surface area contributed by atoms with E-state index in [1.165, 1.54) is 4.57 Å². The molecule has 146 valence electrons. The van der Waals surface area contributed by atoms with E-state index in [0.717, 1.165) is 10.9 Å². The number of nitrogens with one attached hydrogen (secondary N) is 1. The summed E-state index contributed by atoms with van der Waals surface area (Å²) in [5.41, 5.74) is -0.162. The number of nitrogens with zero attached hydrogens (tertiary/aromatic N) is 4. The third kappa shape index (κ3) is 2.84. The van der Waals surface area contributed by atoms with Crippen molar-refractivity contribution >= 4 is 16.8 Å². The molecule has 4 rings (SSSR count). The second-order valence-electron chi connectivity index (χ2n) is 7.22. The minimum absolute atomic E-state index is 0.139. The molecule has 0 bridgehead atoms. The maximum Gasteiger partial charge on any atom is 0.296 e. The van der Waals surface area contributed by atoms with Gasteiger partial charge in [-0.15, -0.1) is 0 Å². The van der Waals surface area contributed by atoms with Crippen LogP contribution in [-0.4, -0.2) is 37.0 Å². The van der Waals surface area contributed by atoms with Gasteiger partial charge in [-0.2, -0.15) is 5.10 Å². The molecule has 9 nitrogen and oxygen atoms in total. The van der Waals surface area contributed by atoms with Gasteiger partial charge in [0.15, 0.2) is 5.69 Å². The Labute approximate surface area is 160 Å². The molecule has 0 spiro atoms. The third-order valence-electron chi connectivity index (χ3n) is 4.93. The number of hydrogen-bond donors (Lipinski definition) is 2. The molecule has 28 heavy (non-hydrogen) atoms. The fraction of sp³-hybridized carbons (Fsp3) is 0.368. The summed E-state index contributed by atoms with van der Waals surface area (Å²) in [4.78, 5) is 29.4. The highest BCUT2D eigenvalue weighted by atomic mass is 16.5. The standard InChI is InChI=1S/C19H21N5O4/c1-19(2)18-21-14(15(25)17(27)24(18)8-9-28-19)16(26)20-10-12-11-6-4-5-7-13(11)23(3)22-12/h4-7,25H,8-10H2,1-3H3,(H,20,26). The summed E-state index contributed by atoms with van der Waals surface area (Å²) < 4.78 is 8.74. The zero-order valence-electron chi connectivity index (χ0n) is 15.9. The number of amides is 1. The Kier molecular flexibility index (Phi) is 4.19. The van der Waals surface area contributed by atoms with Gasteiger partial charge in [0.1, 0.15) is 11.4 Å². The normalized spacial score (nSPS) is 15.4. The van der Waals surface area contributed by atoms with Gasteiger partial charge < -0.3 is 15.2 Å². The highest BCUT2D eigenvalue weighted by Gasteiger charge is 2.34. The SMILES string of the molecule is Cn1nc(CNC(=O)c2nc3n(c(=O)c2O)CCOC3(C)C)c2ccccc21. The summed E-state index contributed by atoms with van der Waals surface area (Å²) in [6.45, 7) is 4.28. The Morgan fingerprint density at radius 2 is 2.11 bits per heavy atom. The fourth-order valence-corrected chi connectivity index (χ4v) is 3.49. The number of aromatic nitrogens is 4. The average Bonchev–Trinajstić information content (AvgIpc) is 2.99. The van der Waals surface area contributed by atoms with Crippen molar-refractivity contribution in [1.82, 2.24) is 24.6 Å². The summed E-state index contributed by atoms with van der Waals surface area (Å²) in [5, 5.41) is 18.3. The van der Waals surface area contributed by atoms with Gasteiger partial charge in [0.25, 0.3) is 11.5 Å². The Hall–Kier alpha value is -3.20. The van der Waals surface area contributed by atoms with Crippen molar-refractivity contribution in [2.45, 2.75) is 32.5 Å². The number of para-hydroxylation sites is 1. The van der Waals surface area contributed by atoms with Crippen LogP contribution in [0.4, 0.5) is 0 Å². The lowest BCUT2D eigenvalue weighted by Crippen LogP contribution is -2.42. The largest absolute Gasteiger partial charge is 0.501 e. The van der Waals surface area contributed by atoms with Crippen LogP contribution in [0.3, 0.4) is 0 Å². The van der Waals surface area contributed by atoms with E-state index in [0.29, 0.717) is 18.1 Å². The maximum atomic E-state index is 12.7. The first kappa shape index (κ1) is 18.2. The molecule has 0 saturated carbocycles. The van der Waals surface area contributed by atoms with E-state index < -0.39 is 22.8 Å². The molecule has 0 atom stereocenters. The molecule has 0 radical (unpaired) electrons. The van der Waals surface area contributed by atoms with E-state index in [4.69, 9.17) is 4.74 Å². The lowest BCUT2D eigenvalue weighted by atomic mass is 10.1. The number of carbonyl (C=O) groups excluding carboxylic acids is 1. The molecule has 2 aromatic heterocycles. The number of hydrogen-bond acceptors (Lipinski definition) is 6. The highest BCUT2D eigenvalue weighted by Crippen LogP contribution is 2.27. The Bertz CT molecular complexity index is 1150. The van der Waals surface area contributed by atoms with Gasteiger partial charge >= 0.3 is 0 Å². The van der Waals surface area contributed by atoms with Crippen LogP contribution in [0.5, 0.6) is 5.75 Å². The molecule has 1 aliphatic rings. The van der Waals surface area contributed by atoms with E-state index in [1.54, 1.807) is 18.5 Å². The minimum atomic E-state index is -0.836. The second-order valence-corrected chi connectivity index (χ2v) is 7.22. The van der Waals surface area contributed by atoms with Crippen molar-refractivity contribution in [3.63, 3.8) is 0 Å². The maximum absolute atomic E-state index is 12.7. The molecule has 0 fully saturated rings. The quantitative estimate of drug-likeness (QED) is 0.699. The molecule has 3 heterocycles. The number of benzene rings is 1. The van der Waals surface area contributed by atoms with Crippen molar-refractivity contribution < 1.29 is 14.6 Å². The van der Waals surface area contributed by atoms with Crippen LogP contribution in [0.15, 0.2) is 29.1 Å². The molecular weight excluding hydrogens is 362 g/mol. The first-order valence-corrected chi connectivity index (χ1v) is 8.96. The zero-order chi connectivity index (χ0) is 20.1. The van der Waals surface area contributed by atoms with Gasteiger partial charge in [-0.1, -0.05) is 18.2 Å². The molecule has 0 unspecified atom stereocenters. The summed E-state index contributed by atoms with van der Waals surface area (Å²) in [5.74, 6) is -0.992. The van der Waals surface area contributed by atoms with Crippen molar-refractivity contribution in [2.24, 2.45) is 7.05 Å². The van der Waals surface area contributed by atoms with Gasteiger partial charge in [0.2, 0.25) is 5.75 Å². The van der Waals surface area contributed by atoms with Crippen LogP contribution in [-0.2, 0) is 30.5 Å². The molecule has 0 saturated heterocycles. The second kappa shape index (κ2) is 6.45. The number of aromatic hydroxyl groups is 1. The molecule has 3 aromatic rings.